The van der Waals surface area contributed by atoms with E-state index < -0.39 is 0 Å². The van der Waals surface area contributed by atoms with Crippen LogP contribution in [0.1, 0.15) is 41.7 Å². The van der Waals surface area contributed by atoms with Gasteiger partial charge in [-0.2, -0.15) is 0 Å². The molecule has 98 valence electrons. The average molecular weight is 248 g/mol. The molecular weight excluding hydrogens is 226 g/mol. The first-order valence-corrected chi connectivity index (χ1v) is 6.59. The molecule has 0 amide bonds. The molecule has 1 aliphatic heterocycles. The maximum absolute atomic E-state index is 11.4. The summed E-state index contributed by atoms with van der Waals surface area (Å²) in [6.07, 6.45) is 2.64. The predicted molar refractivity (Wildman–Crippen MR) is 71.3 cm³/mol. The number of rotatable bonds is 3. The summed E-state index contributed by atoms with van der Waals surface area (Å²) < 4.78 is 5.82. The Bertz CT molecular complexity index is 419. The van der Waals surface area contributed by atoms with Crippen molar-refractivity contribution in [2.75, 3.05) is 27.2 Å². The third-order valence-electron chi connectivity index (χ3n) is 4.34. The highest BCUT2D eigenvalue weighted by molar-refractivity contribution is 5.89. The Morgan fingerprint density at radius 1 is 1.22 bits per heavy atom. The van der Waals surface area contributed by atoms with E-state index in [2.05, 4.69) is 26.1 Å². The van der Waals surface area contributed by atoms with Crippen molar-refractivity contribution in [1.29, 1.82) is 0 Å². The molecule has 1 aromatic rings. The van der Waals surface area contributed by atoms with Gasteiger partial charge in [-0.15, -0.1) is 0 Å². The number of ether oxygens (including phenoxy) is 1. The molecule has 0 saturated carbocycles. The Morgan fingerprint density at radius 2 is 1.78 bits per heavy atom. The lowest BCUT2D eigenvalue weighted by molar-refractivity contribution is -0.926. The number of carbonyl (C=O) groups excluding carboxylic acids is 1. The van der Waals surface area contributed by atoms with Crippen LogP contribution in [-0.2, 0) is 4.74 Å². The van der Waals surface area contributed by atoms with Gasteiger partial charge in [-0.05, 0) is 19.1 Å². The molecule has 1 saturated heterocycles. The van der Waals surface area contributed by atoms with E-state index in [1.54, 1.807) is 0 Å². The summed E-state index contributed by atoms with van der Waals surface area (Å²) in [4.78, 5) is 11.4. The number of hydrogen-bond donors (Lipinski definition) is 0. The van der Waals surface area contributed by atoms with Crippen LogP contribution in [0.5, 0.6) is 0 Å². The number of hydrogen-bond acceptors (Lipinski definition) is 2. The van der Waals surface area contributed by atoms with Crippen LogP contribution in [0.4, 0.5) is 0 Å². The number of methoxy groups -OCH3 is 1. The highest BCUT2D eigenvalue weighted by Gasteiger charge is 2.33. The summed E-state index contributed by atoms with van der Waals surface area (Å²) in [7, 11) is 3.74. The third-order valence-corrected chi connectivity index (χ3v) is 4.34. The Balaban J connectivity index is 2.16. The van der Waals surface area contributed by atoms with E-state index >= 15 is 0 Å². The molecule has 1 fully saturated rings. The van der Waals surface area contributed by atoms with Crippen LogP contribution in [0.15, 0.2) is 24.3 Å². The van der Waals surface area contributed by atoms with Crippen molar-refractivity contribution in [2.45, 2.75) is 25.8 Å². The second-order valence-corrected chi connectivity index (χ2v) is 5.42. The molecule has 1 unspecified atom stereocenters. The molecule has 1 atom stereocenters. The number of carbonyl (C=O) groups is 1. The summed E-state index contributed by atoms with van der Waals surface area (Å²) in [5.74, 6) is -0.268. The number of likely N-dealkylation sites (tertiary alicyclic amines) is 1. The molecule has 2 rings (SSSR count). The molecule has 3 nitrogen and oxygen atoms in total. The van der Waals surface area contributed by atoms with E-state index in [-0.39, 0.29) is 5.97 Å². The Kier molecular flexibility index (Phi) is 3.71. The maximum Gasteiger partial charge on any atom is 0.337 e. The van der Waals surface area contributed by atoms with Crippen LogP contribution < -0.4 is 0 Å². The van der Waals surface area contributed by atoms with Crippen molar-refractivity contribution in [1.82, 2.24) is 0 Å². The van der Waals surface area contributed by atoms with Gasteiger partial charge in [0.2, 0.25) is 0 Å². The fourth-order valence-electron chi connectivity index (χ4n) is 2.82. The SMILES string of the molecule is COC(=O)c1ccc(C(C)[N+]2(C)CCCC2)cc1. The summed E-state index contributed by atoms with van der Waals surface area (Å²) in [6, 6.07) is 8.32. The van der Waals surface area contributed by atoms with Crippen LogP contribution >= 0.6 is 0 Å². The number of benzene rings is 1. The average Bonchev–Trinajstić information content (AvgIpc) is 2.85. The minimum atomic E-state index is -0.268. The van der Waals surface area contributed by atoms with Crippen molar-refractivity contribution in [3.63, 3.8) is 0 Å². The topological polar surface area (TPSA) is 26.3 Å². The van der Waals surface area contributed by atoms with Gasteiger partial charge in [0.1, 0.15) is 6.04 Å². The molecule has 0 aromatic heterocycles. The van der Waals surface area contributed by atoms with E-state index in [0.29, 0.717) is 11.6 Å². The lowest BCUT2D eigenvalue weighted by Gasteiger charge is -2.36. The van der Waals surface area contributed by atoms with Crippen LogP contribution in [0.25, 0.3) is 0 Å². The van der Waals surface area contributed by atoms with E-state index in [1.165, 1.54) is 38.6 Å². The van der Waals surface area contributed by atoms with Gasteiger partial charge in [-0.3, -0.25) is 0 Å². The van der Waals surface area contributed by atoms with Gasteiger partial charge in [0.05, 0.1) is 32.8 Å². The van der Waals surface area contributed by atoms with Crippen LogP contribution in [0.3, 0.4) is 0 Å². The second-order valence-electron chi connectivity index (χ2n) is 5.42. The van der Waals surface area contributed by atoms with Crippen molar-refractivity contribution in [3.8, 4) is 0 Å². The van der Waals surface area contributed by atoms with Gasteiger partial charge in [0.15, 0.2) is 0 Å². The van der Waals surface area contributed by atoms with Crippen molar-refractivity contribution >= 4 is 5.97 Å². The lowest BCUT2D eigenvalue weighted by atomic mass is 10.0. The van der Waals surface area contributed by atoms with E-state index in [9.17, 15) is 4.79 Å². The minimum Gasteiger partial charge on any atom is -0.465 e. The highest BCUT2D eigenvalue weighted by atomic mass is 16.5. The summed E-state index contributed by atoms with van der Waals surface area (Å²) in [5, 5.41) is 0. The molecule has 1 heterocycles. The van der Waals surface area contributed by atoms with Crippen molar-refractivity contribution in [3.05, 3.63) is 35.4 Å². The quantitative estimate of drug-likeness (QED) is 0.607. The van der Waals surface area contributed by atoms with Crippen molar-refractivity contribution < 1.29 is 14.0 Å². The molecular formula is C15H22NO2+. The molecule has 0 bridgehead atoms. The van der Waals surface area contributed by atoms with Gasteiger partial charge < -0.3 is 9.22 Å². The molecule has 18 heavy (non-hydrogen) atoms. The van der Waals surface area contributed by atoms with Crippen molar-refractivity contribution in [2.24, 2.45) is 0 Å². The number of nitrogens with zero attached hydrogens (tertiary/aromatic N) is 1. The standard InChI is InChI=1S/C15H22NO2/c1-12(16(2)10-4-5-11-16)13-6-8-14(9-7-13)15(17)18-3/h6-9,12H,4-5,10-11H2,1-3H3/q+1. The van der Waals surface area contributed by atoms with Crippen LogP contribution in [0, 0.1) is 0 Å². The fraction of sp³-hybridized carbons (Fsp3) is 0.533. The van der Waals surface area contributed by atoms with Gasteiger partial charge in [-0.25, -0.2) is 4.79 Å². The third kappa shape index (κ3) is 2.41. The molecule has 0 aliphatic carbocycles. The molecule has 0 radical (unpaired) electrons. The number of esters is 1. The maximum atomic E-state index is 11.4. The zero-order valence-corrected chi connectivity index (χ0v) is 11.5. The molecule has 1 aliphatic rings. The highest BCUT2D eigenvalue weighted by Crippen LogP contribution is 2.31. The van der Waals surface area contributed by atoms with E-state index in [4.69, 9.17) is 4.74 Å². The second kappa shape index (κ2) is 5.11. The van der Waals surface area contributed by atoms with Crippen LogP contribution in [0.2, 0.25) is 0 Å². The first kappa shape index (κ1) is 13.1. The fourth-order valence-corrected chi connectivity index (χ4v) is 2.82. The first-order chi connectivity index (χ1) is 8.57. The van der Waals surface area contributed by atoms with Gasteiger partial charge in [0, 0.05) is 18.4 Å². The molecule has 1 aromatic carbocycles. The molecule has 0 spiro atoms. The predicted octanol–water partition coefficient (Wildman–Crippen LogP) is 2.77. The summed E-state index contributed by atoms with van der Waals surface area (Å²) >= 11 is 0. The van der Waals surface area contributed by atoms with E-state index in [1.807, 2.05) is 12.1 Å². The smallest absolute Gasteiger partial charge is 0.337 e. The number of quaternary nitrogens is 1. The van der Waals surface area contributed by atoms with E-state index in [0.717, 1.165) is 4.48 Å². The molecule has 3 heteroatoms. The van der Waals surface area contributed by atoms with Gasteiger partial charge >= 0.3 is 5.97 Å². The zero-order chi connectivity index (χ0) is 13.2. The lowest BCUT2D eigenvalue weighted by Crippen LogP contribution is -2.42. The van der Waals surface area contributed by atoms with Gasteiger partial charge in [-0.1, -0.05) is 12.1 Å². The van der Waals surface area contributed by atoms with Gasteiger partial charge in [0.25, 0.3) is 0 Å². The Morgan fingerprint density at radius 3 is 2.28 bits per heavy atom. The van der Waals surface area contributed by atoms with Crippen LogP contribution in [-0.4, -0.2) is 37.7 Å². The normalized spacial score (nSPS) is 19.5. The summed E-state index contributed by atoms with van der Waals surface area (Å²) in [6.45, 7) is 4.78. The Hall–Kier alpha value is -1.35. The first-order valence-electron chi connectivity index (χ1n) is 6.59. The minimum absolute atomic E-state index is 0.268. The zero-order valence-electron chi connectivity index (χ0n) is 11.5. The summed E-state index contributed by atoms with van der Waals surface area (Å²) in [5.41, 5.74) is 1.92. The monoisotopic (exact) mass is 248 g/mol. The largest absolute Gasteiger partial charge is 0.465 e. The molecule has 0 N–H and O–H groups in total. The Labute approximate surface area is 109 Å².